The van der Waals surface area contributed by atoms with Crippen LogP contribution in [0.4, 0.5) is 0 Å². The standard InChI is InChI=1S/C83H140N14O34/c1-57(98)85-66-69(103)72(106)81(54-124-75(66)129-81)51-118-39-36-115-33-30-112-27-24-109-21-18-95-42-60(89-92-95)45-121-48-80(88-64(102)15-11-9-13-17-84-63(101)14-10-8-12-16-65-127-78(4,5)79(6,7)128-65,49-122-46-61-43-96(93-90-61)19-22-110-25-28-113-31-34-116-37-40-119-52-82-55-125-76(130-82)67(86-58(2)99)70(104)73(82)107)50-123-47-62-44-97(94-91-62)20-23-111-26-29-114-32-35-117-38-41-120-53-83-56-126-77(131-83)68(87-59(3)100)71(105)74(83)108/h42-44,65-77,103-108H,8-41,45-56H2,1-7H3,(H,84,101)(H,85,98)(H,86,99)(H,87,100)(H,88,102)/t66-,67-,68-,69-,70-,71-,72-,73-,74-,75-,76-,77+,81+,82+,83+/m1/s1. The highest BCUT2D eigenvalue weighted by Crippen LogP contribution is 2.42. The van der Waals surface area contributed by atoms with E-state index in [0.29, 0.717) is 148 Å². The summed E-state index contributed by atoms with van der Waals surface area (Å²) in [5.74, 6) is -1.50. The fourth-order valence-electron chi connectivity index (χ4n) is 15.4. The minimum absolute atomic E-state index is 0.0172. The third kappa shape index (κ3) is 33.8. The summed E-state index contributed by atoms with van der Waals surface area (Å²) in [6.07, 6.45) is -0.185. The molecule has 0 spiro atoms. The van der Waals surface area contributed by atoms with E-state index in [1.54, 1.807) is 32.6 Å². The average Bonchev–Trinajstić information content (AvgIpc) is 1.61. The van der Waals surface area contributed by atoms with Crippen LogP contribution >= 0.6 is 0 Å². The van der Waals surface area contributed by atoms with Gasteiger partial charge in [0.05, 0.1) is 267 Å². The van der Waals surface area contributed by atoms with Gasteiger partial charge in [0.25, 0.3) is 0 Å². The first kappa shape index (κ1) is 107. The number of ether oxygens (including phenoxy) is 23. The molecule has 5 amide bonds. The van der Waals surface area contributed by atoms with Crippen molar-refractivity contribution in [2.24, 2.45) is 0 Å². The zero-order chi connectivity index (χ0) is 93.5. The number of aromatic nitrogens is 9. The number of fused-ring (bicyclic) bond motifs is 6. The summed E-state index contributed by atoms with van der Waals surface area (Å²) in [6, 6.07) is -2.74. The van der Waals surface area contributed by atoms with Crippen molar-refractivity contribution in [1.29, 1.82) is 0 Å². The molecule has 0 unspecified atom stereocenters. The molecule has 48 heteroatoms. The summed E-state index contributed by atoms with van der Waals surface area (Å²) in [5, 5.41) is 104. The minimum Gasteiger partial charge on any atom is -0.388 e. The quantitative estimate of drug-likeness (QED) is 0.0241. The van der Waals surface area contributed by atoms with Gasteiger partial charge in [-0.15, -0.1) is 15.3 Å². The van der Waals surface area contributed by atoms with Gasteiger partial charge in [0, 0.05) is 40.2 Å². The van der Waals surface area contributed by atoms with Gasteiger partial charge in [0.15, 0.2) is 25.2 Å². The Hall–Kier alpha value is -6.39. The monoisotopic (exact) mass is 1880 g/mol. The fraction of sp³-hybridized carbons (Fsp3) is 0.867. The Morgan fingerprint density at radius 1 is 0.389 bits per heavy atom. The summed E-state index contributed by atoms with van der Waals surface area (Å²) in [4.78, 5) is 62.0. The average molecular weight is 1880 g/mol. The van der Waals surface area contributed by atoms with E-state index in [0.717, 1.165) is 25.7 Å². The lowest BCUT2D eigenvalue weighted by molar-refractivity contribution is -0.238. The SMILES string of the molecule is CC(=O)N[C@H]1[C@@H]2OC[C@](COCCOCCOCCOCCn3cc(COCC(COCc4cn(CCOCCOCCOCCOC[C@@]56CO[C@H](O5)[C@H](NC(C)=O)[C@@H](O)[C@H]6O)nn4)(COCc4cn(CCOCCOCCOCCOC[C@@]56CO[C@@H](O5)[C@H](NC(C)=O)[C@@H](O)[C@H]6O)nn4)NC(=O)CCCCCNC(=O)CCCCCC4OC(C)(C)C(C)(C)O4)nn3)(O2)[C@H](O)[C@@H]1O. The van der Waals surface area contributed by atoms with Crippen molar-refractivity contribution in [2.75, 3.05) is 205 Å². The summed E-state index contributed by atoms with van der Waals surface area (Å²) in [5.41, 5.74) is -4.45. The molecule has 0 radical (unpaired) electrons. The van der Waals surface area contributed by atoms with Gasteiger partial charge in [-0.1, -0.05) is 28.5 Å². The van der Waals surface area contributed by atoms with Crippen LogP contribution in [0.25, 0.3) is 0 Å². The Balaban J connectivity index is 0.655. The first-order valence-electron chi connectivity index (χ1n) is 45.2. The Morgan fingerprint density at radius 2 is 0.687 bits per heavy atom. The van der Waals surface area contributed by atoms with Crippen molar-refractivity contribution in [3.8, 4) is 0 Å². The number of aliphatic hydroxyl groups excluding tert-OH is 6. The van der Waals surface area contributed by atoms with Gasteiger partial charge in [-0.2, -0.15) is 0 Å². The smallest absolute Gasteiger partial charge is 0.220 e. The predicted octanol–water partition coefficient (Wildman–Crippen LogP) is -3.92. The van der Waals surface area contributed by atoms with Crippen molar-refractivity contribution in [1.82, 2.24) is 71.6 Å². The van der Waals surface area contributed by atoms with E-state index in [-0.39, 0.29) is 174 Å². The second-order valence-electron chi connectivity index (χ2n) is 34.4. The molecule has 0 saturated carbocycles. The van der Waals surface area contributed by atoms with Crippen molar-refractivity contribution in [3.63, 3.8) is 0 Å². The highest BCUT2D eigenvalue weighted by atomic mass is 16.8. The highest BCUT2D eigenvalue weighted by molar-refractivity contribution is 5.77. The first-order valence-corrected chi connectivity index (χ1v) is 45.2. The maximum Gasteiger partial charge on any atom is 0.220 e. The third-order valence-electron chi connectivity index (χ3n) is 23.1. The topological polar surface area (TPSA) is 571 Å². The van der Waals surface area contributed by atoms with Crippen LogP contribution in [0.1, 0.15) is 123 Å². The number of rotatable bonds is 70. The Kier molecular flexibility index (Phi) is 44.4. The molecule has 7 aliphatic rings. The molecule has 11 N–H and O–H groups in total. The zero-order valence-corrected chi connectivity index (χ0v) is 76.4. The number of unbranched alkanes of at least 4 members (excludes halogenated alkanes) is 4. The summed E-state index contributed by atoms with van der Waals surface area (Å²) < 4.78 is 139. The lowest BCUT2D eigenvalue weighted by atomic mass is 9.88. The Labute approximate surface area is 761 Å². The number of hydrogen-bond donors (Lipinski definition) is 11. The molecule has 3 aromatic rings. The molecule has 10 heterocycles. The lowest BCUT2D eigenvalue weighted by Gasteiger charge is -2.42. The van der Waals surface area contributed by atoms with Crippen LogP contribution in [0.15, 0.2) is 18.6 Å². The van der Waals surface area contributed by atoms with Crippen LogP contribution in [0.2, 0.25) is 0 Å². The van der Waals surface area contributed by atoms with Crippen LogP contribution in [0.3, 0.4) is 0 Å². The van der Waals surface area contributed by atoms with Crippen molar-refractivity contribution in [2.45, 2.75) is 259 Å². The van der Waals surface area contributed by atoms with Crippen LogP contribution in [0, 0.1) is 0 Å². The molecular formula is C83H140N14O34. The molecule has 6 bridgehead atoms. The molecule has 10 rings (SSSR count). The third-order valence-corrected chi connectivity index (χ3v) is 23.1. The second kappa shape index (κ2) is 54.5. The number of aliphatic hydroxyl groups is 6. The number of carbonyl (C=O) groups excluding carboxylic acids is 5. The molecule has 7 fully saturated rings. The van der Waals surface area contributed by atoms with Gasteiger partial charge < -0.3 is 166 Å². The van der Waals surface area contributed by atoms with Gasteiger partial charge in [-0.25, -0.2) is 14.0 Å². The largest absolute Gasteiger partial charge is 0.388 e. The Bertz CT molecular complexity index is 3500. The fourth-order valence-corrected chi connectivity index (χ4v) is 15.4. The number of nitrogens with zero attached hydrogens (tertiary/aromatic N) is 9. The number of hydrogen-bond acceptors (Lipinski definition) is 40. The predicted molar refractivity (Wildman–Crippen MR) is 448 cm³/mol. The van der Waals surface area contributed by atoms with E-state index in [9.17, 15) is 54.6 Å². The molecule has 0 aromatic carbocycles. The maximum absolute atomic E-state index is 14.3. The zero-order valence-electron chi connectivity index (χ0n) is 76.4. The van der Waals surface area contributed by atoms with Crippen LogP contribution in [-0.2, 0) is 172 Å². The number of carbonyl (C=O) groups is 5. The molecule has 15 atom stereocenters. The maximum atomic E-state index is 14.3. The van der Waals surface area contributed by atoms with E-state index in [1.807, 2.05) is 27.7 Å². The molecule has 3 aromatic heterocycles. The van der Waals surface area contributed by atoms with Gasteiger partial charge >= 0.3 is 0 Å². The summed E-state index contributed by atoms with van der Waals surface area (Å²) >= 11 is 0. The highest BCUT2D eigenvalue weighted by Gasteiger charge is 2.62. The summed E-state index contributed by atoms with van der Waals surface area (Å²) in [7, 11) is 0. The van der Waals surface area contributed by atoms with Gasteiger partial charge in [0.1, 0.15) is 94.2 Å². The second-order valence-corrected chi connectivity index (χ2v) is 34.4. The molecule has 7 saturated heterocycles. The van der Waals surface area contributed by atoms with E-state index in [1.165, 1.54) is 20.8 Å². The molecule has 746 valence electrons. The van der Waals surface area contributed by atoms with Gasteiger partial charge in [-0.05, 0) is 59.8 Å². The lowest BCUT2D eigenvalue weighted by Crippen LogP contribution is -2.66. The molecule has 7 aliphatic heterocycles. The minimum atomic E-state index is -1.35. The molecule has 48 nitrogen and oxygen atoms in total. The number of nitrogens with one attached hydrogen (secondary N) is 5. The molecule has 0 aliphatic carbocycles. The molecule has 131 heavy (non-hydrogen) atoms. The first-order chi connectivity index (χ1) is 63.1. The van der Waals surface area contributed by atoms with Crippen LogP contribution in [0.5, 0.6) is 0 Å². The van der Waals surface area contributed by atoms with Crippen molar-refractivity contribution in [3.05, 3.63) is 35.7 Å². The normalized spacial score (nSPS) is 27.0. The van der Waals surface area contributed by atoms with Gasteiger partial charge in [0.2, 0.25) is 29.5 Å². The van der Waals surface area contributed by atoms with E-state index >= 15 is 0 Å². The van der Waals surface area contributed by atoms with Crippen LogP contribution in [-0.4, -0.2) is 423 Å². The molecular weight excluding hydrogens is 1740 g/mol. The van der Waals surface area contributed by atoms with E-state index in [2.05, 4.69) is 57.5 Å². The number of amides is 5. The Morgan fingerprint density at radius 3 is 1.01 bits per heavy atom. The van der Waals surface area contributed by atoms with Crippen molar-refractivity contribution < 1.29 is 164 Å². The van der Waals surface area contributed by atoms with Gasteiger partial charge in [-0.3, -0.25) is 24.0 Å². The van der Waals surface area contributed by atoms with E-state index in [4.69, 9.17) is 109 Å². The van der Waals surface area contributed by atoms with Crippen LogP contribution < -0.4 is 26.6 Å². The van der Waals surface area contributed by atoms with E-state index < -0.39 is 114 Å². The van der Waals surface area contributed by atoms with Crippen molar-refractivity contribution >= 4 is 29.5 Å². The summed E-state index contributed by atoms with van der Waals surface area (Å²) in [6.45, 7) is 18.6.